The molecule has 0 bridgehead atoms. The van der Waals surface area contributed by atoms with E-state index in [-0.39, 0.29) is 15.7 Å². The van der Waals surface area contributed by atoms with E-state index in [0.29, 0.717) is 17.4 Å². The summed E-state index contributed by atoms with van der Waals surface area (Å²) in [5, 5.41) is 2.11. The lowest BCUT2D eigenvalue weighted by Crippen LogP contribution is -2.45. The monoisotopic (exact) mass is 386 g/mol. The van der Waals surface area contributed by atoms with E-state index < -0.39 is 31.0 Å². The Hall–Kier alpha value is -0.190. The van der Waals surface area contributed by atoms with Crippen LogP contribution in [0.25, 0.3) is 0 Å². The van der Waals surface area contributed by atoms with Crippen LogP contribution in [0.15, 0.2) is 16.3 Å². The third-order valence-corrected chi connectivity index (χ3v) is 9.40. The van der Waals surface area contributed by atoms with E-state index in [9.17, 15) is 16.8 Å². The first-order chi connectivity index (χ1) is 10.1. The molecule has 10 heteroatoms. The SMILES string of the molecule is CN(C)CCN[C@H]1CS(=O)(=O)C[C@@H]1S(=O)(=O)c1ccc(Cl)s1. The van der Waals surface area contributed by atoms with Crippen molar-refractivity contribution in [3.8, 4) is 0 Å². The van der Waals surface area contributed by atoms with Crippen molar-refractivity contribution in [3.05, 3.63) is 16.5 Å². The lowest BCUT2D eigenvalue weighted by molar-refractivity contribution is 0.388. The summed E-state index contributed by atoms with van der Waals surface area (Å²) in [4.78, 5) is 1.94. The van der Waals surface area contributed by atoms with Gasteiger partial charge >= 0.3 is 0 Å². The van der Waals surface area contributed by atoms with Crippen LogP contribution >= 0.6 is 22.9 Å². The smallest absolute Gasteiger partial charge is 0.193 e. The van der Waals surface area contributed by atoms with E-state index >= 15 is 0 Å². The Morgan fingerprint density at radius 1 is 1.36 bits per heavy atom. The zero-order valence-corrected chi connectivity index (χ0v) is 15.5. The van der Waals surface area contributed by atoms with Crippen LogP contribution in [0, 0.1) is 0 Å². The lowest BCUT2D eigenvalue weighted by atomic mass is 10.2. The summed E-state index contributed by atoms with van der Waals surface area (Å²) < 4.78 is 49.6. The highest BCUT2D eigenvalue weighted by molar-refractivity contribution is 7.97. The summed E-state index contributed by atoms with van der Waals surface area (Å²) in [5.74, 6) is -0.492. The molecule has 22 heavy (non-hydrogen) atoms. The number of hydrogen-bond donors (Lipinski definition) is 1. The first-order valence-corrected chi connectivity index (χ1v) is 11.3. The van der Waals surface area contributed by atoms with Crippen LogP contribution in [0.2, 0.25) is 4.34 Å². The van der Waals surface area contributed by atoms with Crippen molar-refractivity contribution in [2.75, 3.05) is 38.7 Å². The van der Waals surface area contributed by atoms with Crippen molar-refractivity contribution >= 4 is 42.6 Å². The van der Waals surface area contributed by atoms with Gasteiger partial charge in [0.2, 0.25) is 0 Å². The minimum Gasteiger partial charge on any atom is -0.310 e. The topological polar surface area (TPSA) is 83.6 Å². The van der Waals surface area contributed by atoms with Gasteiger partial charge in [0, 0.05) is 19.1 Å². The molecule has 0 unspecified atom stereocenters. The first kappa shape index (κ1) is 18.2. The van der Waals surface area contributed by atoms with E-state index in [2.05, 4.69) is 5.32 Å². The molecule has 1 N–H and O–H groups in total. The van der Waals surface area contributed by atoms with Gasteiger partial charge in [-0.25, -0.2) is 16.8 Å². The molecule has 1 aliphatic rings. The van der Waals surface area contributed by atoms with Gasteiger partial charge in [-0.05, 0) is 26.2 Å². The minimum atomic E-state index is -3.71. The highest BCUT2D eigenvalue weighted by Crippen LogP contribution is 2.32. The van der Waals surface area contributed by atoms with Crippen LogP contribution in [-0.4, -0.2) is 71.7 Å². The van der Waals surface area contributed by atoms with Crippen molar-refractivity contribution in [2.45, 2.75) is 15.5 Å². The van der Waals surface area contributed by atoms with Gasteiger partial charge in [0.05, 0.1) is 21.1 Å². The lowest BCUT2D eigenvalue weighted by Gasteiger charge is -2.20. The summed E-state index contributed by atoms with van der Waals surface area (Å²) in [6, 6.07) is 2.36. The second-order valence-electron chi connectivity index (χ2n) is 5.58. The molecule has 0 aromatic carbocycles. The quantitative estimate of drug-likeness (QED) is 0.766. The average molecular weight is 387 g/mol. The number of hydrogen-bond acceptors (Lipinski definition) is 7. The number of likely N-dealkylation sites (N-methyl/N-ethyl adjacent to an activating group) is 1. The summed E-state index contributed by atoms with van der Waals surface area (Å²) >= 11 is 6.76. The number of nitrogens with one attached hydrogen (secondary N) is 1. The Morgan fingerprint density at radius 3 is 2.59 bits per heavy atom. The van der Waals surface area contributed by atoms with Crippen LogP contribution in [0.3, 0.4) is 0 Å². The molecule has 0 aliphatic carbocycles. The minimum absolute atomic E-state index is 0.124. The van der Waals surface area contributed by atoms with Gasteiger partial charge in [-0.1, -0.05) is 11.6 Å². The summed E-state index contributed by atoms with van der Waals surface area (Å²) in [5.41, 5.74) is 0. The van der Waals surface area contributed by atoms with Crippen molar-refractivity contribution in [2.24, 2.45) is 0 Å². The molecule has 1 fully saturated rings. The maximum Gasteiger partial charge on any atom is 0.193 e. The Kier molecular flexibility index (Phi) is 5.56. The highest BCUT2D eigenvalue weighted by Gasteiger charge is 2.46. The molecule has 2 rings (SSSR count). The molecule has 0 saturated carbocycles. The molecule has 2 atom stereocenters. The second kappa shape index (κ2) is 6.74. The van der Waals surface area contributed by atoms with Gasteiger partial charge < -0.3 is 10.2 Å². The van der Waals surface area contributed by atoms with Crippen LogP contribution in [0.4, 0.5) is 0 Å². The Morgan fingerprint density at radius 2 is 2.05 bits per heavy atom. The van der Waals surface area contributed by atoms with E-state index in [0.717, 1.165) is 11.3 Å². The van der Waals surface area contributed by atoms with Crippen LogP contribution in [0.1, 0.15) is 0 Å². The number of nitrogens with zero attached hydrogens (tertiary/aromatic N) is 1. The summed E-state index contributed by atoms with van der Waals surface area (Å²) in [6.07, 6.45) is 0. The molecule has 126 valence electrons. The molecule has 1 aliphatic heterocycles. The van der Waals surface area contributed by atoms with E-state index in [1.54, 1.807) is 0 Å². The Labute approximate surface area is 140 Å². The normalized spacial score (nSPS) is 24.9. The average Bonchev–Trinajstić information content (AvgIpc) is 2.93. The van der Waals surface area contributed by atoms with Crippen LogP contribution in [0.5, 0.6) is 0 Å². The largest absolute Gasteiger partial charge is 0.310 e. The number of thiophene rings is 1. The molecule has 0 spiro atoms. The second-order valence-corrected chi connectivity index (χ2v) is 11.8. The fraction of sp³-hybridized carbons (Fsp3) is 0.667. The van der Waals surface area contributed by atoms with Gasteiger partial charge in [-0.15, -0.1) is 11.3 Å². The van der Waals surface area contributed by atoms with Crippen molar-refractivity contribution in [3.63, 3.8) is 0 Å². The van der Waals surface area contributed by atoms with E-state index in [4.69, 9.17) is 11.6 Å². The maximum atomic E-state index is 12.7. The van der Waals surface area contributed by atoms with Crippen molar-refractivity contribution in [1.29, 1.82) is 0 Å². The third-order valence-electron chi connectivity index (χ3n) is 3.49. The van der Waals surface area contributed by atoms with Crippen LogP contribution < -0.4 is 5.32 Å². The standard InChI is InChI=1S/C12H19ClN2O4S3/c1-15(2)6-5-14-9-7-21(16,17)8-10(9)22(18,19)12-4-3-11(13)20-12/h3-4,9-10,14H,5-8H2,1-2H3/t9-,10-/m0/s1. The van der Waals surface area contributed by atoms with Gasteiger partial charge in [-0.2, -0.15) is 0 Å². The molecule has 1 aromatic rings. The summed E-state index contributed by atoms with van der Waals surface area (Å²) in [7, 11) is -3.28. The molecule has 2 heterocycles. The summed E-state index contributed by atoms with van der Waals surface area (Å²) in [6.45, 7) is 1.23. The Balaban J connectivity index is 2.22. The molecule has 0 radical (unpaired) electrons. The highest BCUT2D eigenvalue weighted by atomic mass is 35.5. The fourth-order valence-electron chi connectivity index (χ4n) is 2.38. The fourth-order valence-corrected chi connectivity index (χ4v) is 8.81. The van der Waals surface area contributed by atoms with Gasteiger partial charge in [0.25, 0.3) is 0 Å². The number of halogens is 1. The zero-order valence-electron chi connectivity index (χ0n) is 12.3. The third kappa shape index (κ3) is 4.21. The van der Waals surface area contributed by atoms with Crippen LogP contribution in [-0.2, 0) is 19.7 Å². The van der Waals surface area contributed by atoms with Crippen molar-refractivity contribution < 1.29 is 16.8 Å². The molecular formula is C12H19ClN2O4S3. The number of rotatable bonds is 6. The predicted octanol–water partition coefficient (Wildman–Crippen LogP) is 0.492. The van der Waals surface area contributed by atoms with E-state index in [1.807, 2.05) is 19.0 Å². The Bertz CT molecular complexity index is 727. The number of sulfone groups is 2. The van der Waals surface area contributed by atoms with Gasteiger partial charge in [-0.3, -0.25) is 0 Å². The predicted molar refractivity (Wildman–Crippen MR) is 89.3 cm³/mol. The van der Waals surface area contributed by atoms with Gasteiger partial charge in [0.15, 0.2) is 19.7 Å². The molecule has 1 saturated heterocycles. The van der Waals surface area contributed by atoms with E-state index in [1.165, 1.54) is 12.1 Å². The molecular weight excluding hydrogens is 368 g/mol. The molecule has 6 nitrogen and oxygen atoms in total. The maximum absolute atomic E-state index is 12.7. The molecule has 0 amide bonds. The molecule has 1 aromatic heterocycles. The zero-order chi connectivity index (χ0) is 16.5. The first-order valence-electron chi connectivity index (χ1n) is 6.69. The van der Waals surface area contributed by atoms with Gasteiger partial charge in [0.1, 0.15) is 4.21 Å². The van der Waals surface area contributed by atoms with Crippen molar-refractivity contribution in [1.82, 2.24) is 10.2 Å².